The van der Waals surface area contributed by atoms with Crippen LogP contribution in [0, 0.1) is 0 Å². The number of guanidine groups is 1. The third kappa shape index (κ3) is 6.53. The average molecular weight is 407 g/mol. The maximum atomic E-state index is 12.1. The summed E-state index contributed by atoms with van der Waals surface area (Å²) in [6.07, 6.45) is 0.410. The third-order valence-electron chi connectivity index (χ3n) is 4.03. The van der Waals surface area contributed by atoms with Crippen molar-refractivity contribution in [3.05, 3.63) is 35.2 Å². The fourth-order valence-electron chi connectivity index (χ4n) is 2.55. The lowest BCUT2D eigenvalue weighted by molar-refractivity contribution is -0.130. The summed E-state index contributed by atoms with van der Waals surface area (Å²) in [7, 11) is 0. The standard InChI is InChI=1S/C19H27ClN6O2/c1-4-21-19(22-12-11-17(27)26(5-2)6-3)23-13-16-24-18(25-28-16)14-7-9-15(20)10-8-14/h7-10H,4-6,11-13H2,1-3H3,(H2,21,22,23). The number of hydrogen-bond donors (Lipinski definition) is 2. The van der Waals surface area contributed by atoms with Gasteiger partial charge < -0.3 is 20.1 Å². The van der Waals surface area contributed by atoms with Gasteiger partial charge in [-0.1, -0.05) is 16.8 Å². The number of benzene rings is 1. The zero-order valence-electron chi connectivity index (χ0n) is 16.5. The minimum absolute atomic E-state index is 0.123. The molecule has 0 saturated heterocycles. The molecular weight excluding hydrogens is 380 g/mol. The van der Waals surface area contributed by atoms with Crippen LogP contribution in [0.1, 0.15) is 33.1 Å². The van der Waals surface area contributed by atoms with Crippen LogP contribution in [0.2, 0.25) is 5.02 Å². The monoisotopic (exact) mass is 406 g/mol. The molecule has 28 heavy (non-hydrogen) atoms. The molecule has 1 amide bonds. The first kappa shape index (κ1) is 21.7. The van der Waals surface area contributed by atoms with E-state index in [1.165, 1.54) is 0 Å². The number of nitrogens with zero attached hydrogens (tertiary/aromatic N) is 4. The van der Waals surface area contributed by atoms with Gasteiger partial charge in [-0.25, -0.2) is 4.99 Å². The fourth-order valence-corrected chi connectivity index (χ4v) is 2.67. The van der Waals surface area contributed by atoms with Crippen LogP contribution in [-0.2, 0) is 11.3 Å². The second-order valence-corrected chi connectivity index (χ2v) is 6.39. The summed E-state index contributed by atoms with van der Waals surface area (Å²) in [6, 6.07) is 7.22. The highest BCUT2D eigenvalue weighted by Crippen LogP contribution is 2.18. The van der Waals surface area contributed by atoms with Crippen LogP contribution < -0.4 is 10.6 Å². The second kappa shape index (κ2) is 11.3. The quantitative estimate of drug-likeness (QED) is 0.491. The molecule has 2 rings (SSSR count). The van der Waals surface area contributed by atoms with E-state index < -0.39 is 0 Å². The van der Waals surface area contributed by atoms with E-state index in [2.05, 4.69) is 25.8 Å². The molecule has 2 N–H and O–H groups in total. The SMILES string of the molecule is CCNC(=NCc1nc(-c2ccc(Cl)cc2)no1)NCCC(=O)N(CC)CC. The molecule has 1 aromatic heterocycles. The highest BCUT2D eigenvalue weighted by molar-refractivity contribution is 6.30. The Morgan fingerprint density at radius 2 is 1.89 bits per heavy atom. The van der Waals surface area contributed by atoms with Crippen molar-refractivity contribution in [2.24, 2.45) is 4.99 Å². The summed E-state index contributed by atoms with van der Waals surface area (Å²) in [5.41, 5.74) is 0.823. The topological polar surface area (TPSA) is 95.6 Å². The van der Waals surface area contributed by atoms with E-state index >= 15 is 0 Å². The molecule has 2 aromatic rings. The Morgan fingerprint density at radius 3 is 2.54 bits per heavy atom. The number of carbonyl (C=O) groups is 1. The largest absolute Gasteiger partial charge is 0.357 e. The smallest absolute Gasteiger partial charge is 0.248 e. The van der Waals surface area contributed by atoms with Gasteiger partial charge in [-0.15, -0.1) is 0 Å². The molecule has 0 spiro atoms. The molecule has 0 aliphatic carbocycles. The van der Waals surface area contributed by atoms with Crippen molar-refractivity contribution in [3.63, 3.8) is 0 Å². The van der Waals surface area contributed by atoms with Crippen molar-refractivity contribution in [2.45, 2.75) is 33.7 Å². The van der Waals surface area contributed by atoms with E-state index in [9.17, 15) is 4.79 Å². The average Bonchev–Trinajstić information content (AvgIpc) is 3.16. The van der Waals surface area contributed by atoms with E-state index in [4.69, 9.17) is 16.1 Å². The highest BCUT2D eigenvalue weighted by atomic mass is 35.5. The summed E-state index contributed by atoms with van der Waals surface area (Å²) >= 11 is 5.89. The maximum absolute atomic E-state index is 12.1. The van der Waals surface area contributed by atoms with Crippen LogP contribution in [0.15, 0.2) is 33.8 Å². The van der Waals surface area contributed by atoms with Gasteiger partial charge in [0.2, 0.25) is 17.6 Å². The third-order valence-corrected chi connectivity index (χ3v) is 4.29. The van der Waals surface area contributed by atoms with Crippen molar-refractivity contribution in [2.75, 3.05) is 26.2 Å². The molecule has 0 aliphatic heterocycles. The summed E-state index contributed by atoms with van der Waals surface area (Å²) in [6.45, 7) is 8.81. The normalized spacial score (nSPS) is 11.4. The zero-order chi connectivity index (χ0) is 20.4. The lowest BCUT2D eigenvalue weighted by Gasteiger charge is -2.19. The molecule has 152 valence electrons. The summed E-state index contributed by atoms with van der Waals surface area (Å²) in [5, 5.41) is 10.9. The van der Waals surface area contributed by atoms with Crippen LogP contribution in [0.5, 0.6) is 0 Å². The van der Waals surface area contributed by atoms with Gasteiger partial charge in [0, 0.05) is 43.2 Å². The van der Waals surface area contributed by atoms with Crippen LogP contribution in [0.25, 0.3) is 11.4 Å². The van der Waals surface area contributed by atoms with Gasteiger partial charge in [0.1, 0.15) is 6.54 Å². The molecule has 0 saturated carbocycles. The first-order valence-corrected chi connectivity index (χ1v) is 9.83. The Kier molecular flexibility index (Phi) is 8.74. The minimum atomic E-state index is 0.123. The van der Waals surface area contributed by atoms with Crippen molar-refractivity contribution >= 4 is 23.5 Å². The van der Waals surface area contributed by atoms with E-state index in [1.807, 2.05) is 37.8 Å². The van der Waals surface area contributed by atoms with Gasteiger partial charge in [0.25, 0.3) is 0 Å². The number of aliphatic imine (C=N–C) groups is 1. The predicted octanol–water partition coefficient (Wildman–Crippen LogP) is 2.70. The fraction of sp³-hybridized carbons (Fsp3) is 0.474. The van der Waals surface area contributed by atoms with Crippen LogP contribution >= 0.6 is 11.6 Å². The van der Waals surface area contributed by atoms with Gasteiger partial charge >= 0.3 is 0 Å². The Hall–Kier alpha value is -2.61. The lowest BCUT2D eigenvalue weighted by atomic mass is 10.2. The van der Waals surface area contributed by atoms with Crippen molar-refractivity contribution in [3.8, 4) is 11.4 Å². The van der Waals surface area contributed by atoms with E-state index in [1.54, 1.807) is 12.1 Å². The van der Waals surface area contributed by atoms with Crippen LogP contribution in [-0.4, -0.2) is 53.1 Å². The van der Waals surface area contributed by atoms with Gasteiger partial charge in [-0.2, -0.15) is 4.98 Å². The van der Waals surface area contributed by atoms with Gasteiger partial charge in [0.05, 0.1) is 0 Å². The summed E-state index contributed by atoms with van der Waals surface area (Å²) in [4.78, 5) is 22.7. The number of aromatic nitrogens is 2. The number of amides is 1. The molecule has 9 heteroatoms. The molecule has 8 nitrogen and oxygen atoms in total. The molecule has 0 aliphatic rings. The van der Waals surface area contributed by atoms with Crippen LogP contribution in [0.3, 0.4) is 0 Å². The molecule has 0 fully saturated rings. The zero-order valence-corrected chi connectivity index (χ0v) is 17.3. The van der Waals surface area contributed by atoms with E-state index in [-0.39, 0.29) is 12.5 Å². The maximum Gasteiger partial charge on any atom is 0.248 e. The Bertz CT molecular complexity index is 771. The summed E-state index contributed by atoms with van der Waals surface area (Å²) < 4.78 is 5.26. The van der Waals surface area contributed by atoms with Crippen molar-refractivity contribution in [1.82, 2.24) is 25.7 Å². The molecule has 0 bridgehead atoms. The van der Waals surface area contributed by atoms with E-state index in [0.717, 1.165) is 18.7 Å². The van der Waals surface area contributed by atoms with Gasteiger partial charge in [0.15, 0.2) is 5.96 Å². The van der Waals surface area contributed by atoms with Crippen LogP contribution in [0.4, 0.5) is 0 Å². The molecule has 0 radical (unpaired) electrons. The molecule has 0 unspecified atom stereocenters. The lowest BCUT2D eigenvalue weighted by Crippen LogP contribution is -2.40. The van der Waals surface area contributed by atoms with Crippen molar-refractivity contribution < 1.29 is 9.32 Å². The number of rotatable bonds is 9. The molecule has 1 heterocycles. The first-order chi connectivity index (χ1) is 13.6. The molecule has 0 atom stereocenters. The molecule has 1 aromatic carbocycles. The Morgan fingerprint density at radius 1 is 1.18 bits per heavy atom. The number of nitrogens with one attached hydrogen (secondary N) is 2. The number of halogens is 1. The Balaban J connectivity index is 1.91. The predicted molar refractivity (Wildman–Crippen MR) is 110 cm³/mol. The molecular formula is C19H27ClN6O2. The summed E-state index contributed by atoms with van der Waals surface area (Å²) in [5.74, 6) is 1.62. The van der Waals surface area contributed by atoms with E-state index in [0.29, 0.717) is 42.2 Å². The van der Waals surface area contributed by atoms with Gasteiger partial charge in [-0.3, -0.25) is 4.79 Å². The Labute approximate surface area is 170 Å². The second-order valence-electron chi connectivity index (χ2n) is 5.96. The first-order valence-electron chi connectivity index (χ1n) is 9.45. The minimum Gasteiger partial charge on any atom is -0.357 e. The van der Waals surface area contributed by atoms with Gasteiger partial charge in [-0.05, 0) is 45.0 Å². The number of carbonyl (C=O) groups excluding carboxylic acids is 1. The highest BCUT2D eigenvalue weighted by Gasteiger charge is 2.10. The number of hydrogen-bond acceptors (Lipinski definition) is 5. The van der Waals surface area contributed by atoms with Crippen molar-refractivity contribution in [1.29, 1.82) is 0 Å².